The summed E-state index contributed by atoms with van der Waals surface area (Å²) >= 11 is 1.48. The van der Waals surface area contributed by atoms with Gasteiger partial charge in [0.25, 0.3) is 5.89 Å². The van der Waals surface area contributed by atoms with Crippen LogP contribution in [0.25, 0.3) is 21.6 Å². The van der Waals surface area contributed by atoms with Crippen LogP contribution in [0.2, 0.25) is 0 Å². The molecule has 7 heteroatoms. The largest absolute Gasteiger partial charge is 0.452 e. The molecular formula is C19H15N3O3S. The highest BCUT2D eigenvalue weighted by Gasteiger charge is 2.13. The highest BCUT2D eigenvalue weighted by molar-refractivity contribution is 7.16. The minimum atomic E-state index is -0.438. The van der Waals surface area contributed by atoms with Crippen LogP contribution in [0.15, 0.2) is 52.5 Å². The van der Waals surface area contributed by atoms with Crippen molar-refractivity contribution in [2.45, 2.75) is 20.0 Å². The average molecular weight is 365 g/mol. The van der Waals surface area contributed by atoms with Gasteiger partial charge in [0.15, 0.2) is 6.61 Å². The van der Waals surface area contributed by atoms with Crippen molar-refractivity contribution in [1.82, 2.24) is 15.1 Å². The van der Waals surface area contributed by atoms with Crippen LogP contribution < -0.4 is 0 Å². The maximum absolute atomic E-state index is 12.2. The molecule has 0 amide bonds. The monoisotopic (exact) mass is 365 g/mol. The van der Waals surface area contributed by atoms with E-state index in [2.05, 4.69) is 22.0 Å². The van der Waals surface area contributed by atoms with E-state index in [-0.39, 0.29) is 12.5 Å². The van der Waals surface area contributed by atoms with E-state index in [0.29, 0.717) is 11.4 Å². The maximum Gasteiger partial charge on any atom is 0.338 e. The molecule has 0 aliphatic heterocycles. The van der Waals surface area contributed by atoms with Crippen molar-refractivity contribution in [2.75, 3.05) is 0 Å². The summed E-state index contributed by atoms with van der Waals surface area (Å²) in [5.41, 5.74) is 5.18. The molecule has 0 N–H and O–H groups in total. The second-order valence-electron chi connectivity index (χ2n) is 5.67. The fraction of sp³-hybridized carbons (Fsp3) is 0.158. The quantitative estimate of drug-likeness (QED) is 0.492. The molecule has 0 saturated carbocycles. The number of esters is 1. The van der Waals surface area contributed by atoms with Gasteiger partial charge in [0.1, 0.15) is 0 Å². The minimum absolute atomic E-state index is 0.0698. The third-order valence-corrected chi connectivity index (χ3v) is 4.77. The molecule has 0 aliphatic carbocycles. The number of thiazole rings is 1. The fourth-order valence-corrected chi connectivity index (χ4v) is 3.23. The SMILES string of the molecule is CCc1ccc(-c2noc(COC(=O)c3ccc4ncsc4c3)n2)cc1. The number of aromatic nitrogens is 3. The van der Waals surface area contributed by atoms with Gasteiger partial charge in [-0.3, -0.25) is 0 Å². The highest BCUT2D eigenvalue weighted by Crippen LogP contribution is 2.20. The third-order valence-electron chi connectivity index (χ3n) is 3.98. The first-order chi connectivity index (χ1) is 12.7. The number of hydrogen-bond acceptors (Lipinski definition) is 7. The Labute approximate surface area is 153 Å². The Morgan fingerprint density at radius 2 is 2.04 bits per heavy atom. The predicted molar refractivity (Wildman–Crippen MR) is 97.9 cm³/mol. The molecule has 0 bridgehead atoms. The van der Waals surface area contributed by atoms with Gasteiger partial charge in [-0.25, -0.2) is 9.78 Å². The Morgan fingerprint density at radius 3 is 2.85 bits per heavy atom. The van der Waals surface area contributed by atoms with Crippen LogP contribution in [0.1, 0.15) is 28.7 Å². The number of carbonyl (C=O) groups excluding carboxylic acids is 1. The Hall–Kier alpha value is -3.06. The molecule has 0 fully saturated rings. The number of hydrogen-bond donors (Lipinski definition) is 0. The summed E-state index contributed by atoms with van der Waals surface area (Å²) in [7, 11) is 0. The lowest BCUT2D eigenvalue weighted by Crippen LogP contribution is -2.05. The first kappa shape index (κ1) is 16.4. The summed E-state index contributed by atoms with van der Waals surface area (Å²) in [6.07, 6.45) is 0.973. The number of nitrogens with zero attached hydrogens (tertiary/aromatic N) is 3. The van der Waals surface area contributed by atoms with Gasteiger partial charge in [-0.15, -0.1) is 11.3 Å². The molecule has 0 unspecified atom stereocenters. The van der Waals surface area contributed by atoms with E-state index in [4.69, 9.17) is 9.26 Å². The van der Waals surface area contributed by atoms with Crippen molar-refractivity contribution in [1.29, 1.82) is 0 Å². The van der Waals surface area contributed by atoms with E-state index in [0.717, 1.165) is 22.2 Å². The molecule has 4 rings (SSSR count). The van der Waals surface area contributed by atoms with Gasteiger partial charge in [-0.2, -0.15) is 4.98 Å². The fourth-order valence-electron chi connectivity index (χ4n) is 2.51. The van der Waals surface area contributed by atoms with Crippen LogP contribution in [0.3, 0.4) is 0 Å². The van der Waals surface area contributed by atoms with Gasteiger partial charge in [0, 0.05) is 5.56 Å². The van der Waals surface area contributed by atoms with Crippen LogP contribution in [-0.4, -0.2) is 21.1 Å². The molecule has 0 atom stereocenters. The third kappa shape index (κ3) is 3.34. The molecule has 130 valence electrons. The van der Waals surface area contributed by atoms with Crippen molar-refractivity contribution in [3.8, 4) is 11.4 Å². The van der Waals surface area contributed by atoms with E-state index < -0.39 is 5.97 Å². The van der Waals surface area contributed by atoms with Crippen molar-refractivity contribution in [2.24, 2.45) is 0 Å². The molecule has 4 aromatic rings. The number of carbonyl (C=O) groups is 1. The number of fused-ring (bicyclic) bond motifs is 1. The summed E-state index contributed by atoms with van der Waals surface area (Å²) in [5, 5.41) is 3.94. The summed E-state index contributed by atoms with van der Waals surface area (Å²) in [6, 6.07) is 13.2. The molecule has 6 nitrogen and oxygen atoms in total. The normalized spacial score (nSPS) is 11.0. The molecule has 2 aromatic carbocycles. The van der Waals surface area contributed by atoms with Crippen LogP contribution in [0, 0.1) is 0 Å². The lowest BCUT2D eigenvalue weighted by Gasteiger charge is -2.01. The van der Waals surface area contributed by atoms with Gasteiger partial charge in [-0.05, 0) is 30.2 Å². The zero-order valence-electron chi connectivity index (χ0n) is 14.0. The second kappa shape index (κ2) is 7.05. The van der Waals surface area contributed by atoms with E-state index in [9.17, 15) is 4.79 Å². The summed E-state index contributed by atoms with van der Waals surface area (Å²) in [4.78, 5) is 20.7. The first-order valence-corrected chi connectivity index (χ1v) is 9.03. The van der Waals surface area contributed by atoms with Crippen LogP contribution in [-0.2, 0) is 17.8 Å². The molecule has 26 heavy (non-hydrogen) atoms. The average Bonchev–Trinajstić information content (AvgIpc) is 3.35. The summed E-state index contributed by atoms with van der Waals surface area (Å²) in [5.74, 6) is 0.295. The summed E-state index contributed by atoms with van der Waals surface area (Å²) < 4.78 is 11.4. The van der Waals surface area contributed by atoms with Crippen LogP contribution in [0.4, 0.5) is 0 Å². The van der Waals surface area contributed by atoms with Gasteiger partial charge < -0.3 is 9.26 Å². The van der Waals surface area contributed by atoms with Gasteiger partial charge in [-0.1, -0.05) is 36.3 Å². The first-order valence-electron chi connectivity index (χ1n) is 8.15. The molecule has 2 heterocycles. The van der Waals surface area contributed by atoms with Crippen molar-refractivity contribution in [3.63, 3.8) is 0 Å². The Kier molecular flexibility index (Phi) is 4.45. The van der Waals surface area contributed by atoms with Crippen molar-refractivity contribution < 1.29 is 14.1 Å². The van der Waals surface area contributed by atoms with Crippen molar-refractivity contribution >= 4 is 27.5 Å². The Bertz CT molecular complexity index is 1050. The molecule has 0 radical (unpaired) electrons. The number of ether oxygens (including phenoxy) is 1. The number of rotatable bonds is 5. The Morgan fingerprint density at radius 1 is 1.19 bits per heavy atom. The number of benzene rings is 2. The second-order valence-corrected chi connectivity index (χ2v) is 6.56. The highest BCUT2D eigenvalue weighted by atomic mass is 32.1. The molecular weight excluding hydrogens is 350 g/mol. The van der Waals surface area contributed by atoms with Gasteiger partial charge in [0.2, 0.25) is 5.82 Å². The zero-order valence-corrected chi connectivity index (χ0v) is 14.8. The zero-order chi connectivity index (χ0) is 17.9. The topological polar surface area (TPSA) is 78.1 Å². The lowest BCUT2D eigenvalue weighted by molar-refractivity contribution is 0.0430. The summed E-state index contributed by atoms with van der Waals surface area (Å²) in [6.45, 7) is 2.03. The van der Waals surface area contributed by atoms with Crippen LogP contribution >= 0.6 is 11.3 Å². The van der Waals surface area contributed by atoms with Gasteiger partial charge in [0.05, 0.1) is 21.3 Å². The standard InChI is InChI=1S/C19H15N3O3S/c1-2-12-3-5-13(6-4-12)18-21-17(25-22-18)10-24-19(23)14-7-8-15-16(9-14)26-11-20-15/h3-9,11H,2,10H2,1H3. The minimum Gasteiger partial charge on any atom is -0.452 e. The molecule has 0 aliphatic rings. The number of aryl methyl sites for hydroxylation is 1. The van der Waals surface area contributed by atoms with E-state index in [1.54, 1.807) is 23.7 Å². The van der Waals surface area contributed by atoms with Crippen molar-refractivity contribution in [3.05, 3.63) is 65.0 Å². The smallest absolute Gasteiger partial charge is 0.338 e. The Balaban J connectivity index is 1.42. The van der Waals surface area contributed by atoms with E-state index in [1.807, 2.05) is 24.3 Å². The lowest BCUT2D eigenvalue weighted by atomic mass is 10.1. The molecule has 2 aromatic heterocycles. The molecule has 0 saturated heterocycles. The van der Waals surface area contributed by atoms with E-state index in [1.165, 1.54) is 16.9 Å². The predicted octanol–water partition coefficient (Wildman–Crippen LogP) is 4.27. The van der Waals surface area contributed by atoms with E-state index >= 15 is 0 Å². The van der Waals surface area contributed by atoms with Crippen LogP contribution in [0.5, 0.6) is 0 Å². The maximum atomic E-state index is 12.2. The van der Waals surface area contributed by atoms with Gasteiger partial charge >= 0.3 is 5.97 Å². The molecule has 0 spiro atoms.